The van der Waals surface area contributed by atoms with Crippen LogP contribution in [-0.4, -0.2) is 22.1 Å². The average Bonchev–Trinajstić information content (AvgIpc) is 3.09. The molecule has 5 nitrogen and oxygen atoms in total. The fourth-order valence-corrected chi connectivity index (χ4v) is 3.52. The molecule has 4 rings (SSSR count). The lowest BCUT2D eigenvalue weighted by atomic mass is 10.2. The van der Waals surface area contributed by atoms with E-state index in [9.17, 15) is 0 Å². The molecule has 0 spiro atoms. The number of aromatic amines is 1. The van der Waals surface area contributed by atoms with Crippen LogP contribution in [0.4, 0.5) is 0 Å². The fraction of sp³-hybridized carbons (Fsp3) is 0.100. The first-order valence-electron chi connectivity index (χ1n) is 8.12. The van der Waals surface area contributed by atoms with E-state index in [-0.39, 0.29) is 0 Å². The maximum Gasteiger partial charge on any atom is 0.300 e. The molecule has 0 unspecified atom stereocenters. The van der Waals surface area contributed by atoms with Crippen molar-refractivity contribution in [2.45, 2.75) is 16.7 Å². The largest absolute Gasteiger partial charge is 0.497 e. The molecule has 0 fully saturated rings. The predicted octanol–water partition coefficient (Wildman–Crippen LogP) is 5.22. The number of nitrogens with one attached hydrogen (secondary N) is 1. The molecule has 0 saturated carbocycles. The second-order valence-electron chi connectivity index (χ2n) is 5.69. The van der Waals surface area contributed by atoms with E-state index in [2.05, 4.69) is 27.9 Å². The molecule has 0 amide bonds. The highest BCUT2D eigenvalue weighted by atomic mass is 32.2. The molecule has 1 N–H and O–H groups in total. The Bertz CT molecular complexity index is 1030. The van der Waals surface area contributed by atoms with Gasteiger partial charge in [-0.05, 0) is 61.0 Å². The molecule has 2 aromatic carbocycles. The van der Waals surface area contributed by atoms with E-state index in [1.807, 2.05) is 42.5 Å². The van der Waals surface area contributed by atoms with Crippen molar-refractivity contribution in [3.8, 4) is 17.5 Å². The highest BCUT2D eigenvalue weighted by molar-refractivity contribution is 7.99. The first-order chi connectivity index (χ1) is 12.7. The summed E-state index contributed by atoms with van der Waals surface area (Å²) in [6.07, 6.45) is 3.59. The number of nitrogens with zero attached hydrogens (tertiary/aromatic N) is 2. The van der Waals surface area contributed by atoms with Crippen molar-refractivity contribution in [3.05, 3.63) is 66.5 Å². The number of methoxy groups -OCH3 is 1. The number of aryl methyl sites for hydroxylation is 1. The SMILES string of the molecule is COc1ccc(Oc2nc3c(C)c(Sc4ccncc4)ccc3[nH]2)cc1. The van der Waals surface area contributed by atoms with Gasteiger partial charge >= 0.3 is 0 Å². The Morgan fingerprint density at radius 3 is 2.38 bits per heavy atom. The van der Waals surface area contributed by atoms with Crippen LogP contribution in [0.3, 0.4) is 0 Å². The molecule has 26 heavy (non-hydrogen) atoms. The van der Waals surface area contributed by atoms with Gasteiger partial charge in [-0.2, -0.15) is 4.98 Å². The van der Waals surface area contributed by atoms with Crippen LogP contribution in [0.25, 0.3) is 11.0 Å². The summed E-state index contributed by atoms with van der Waals surface area (Å²) in [6.45, 7) is 2.07. The maximum atomic E-state index is 5.84. The van der Waals surface area contributed by atoms with Gasteiger partial charge in [0, 0.05) is 22.2 Å². The zero-order chi connectivity index (χ0) is 17.9. The first kappa shape index (κ1) is 16.5. The summed E-state index contributed by atoms with van der Waals surface area (Å²) in [7, 11) is 1.64. The van der Waals surface area contributed by atoms with Crippen LogP contribution in [0.1, 0.15) is 5.56 Å². The van der Waals surface area contributed by atoms with Gasteiger partial charge in [0.15, 0.2) is 0 Å². The van der Waals surface area contributed by atoms with Gasteiger partial charge in [0.2, 0.25) is 0 Å². The van der Waals surface area contributed by atoms with Crippen molar-refractivity contribution in [2.24, 2.45) is 0 Å². The van der Waals surface area contributed by atoms with Crippen molar-refractivity contribution >= 4 is 22.8 Å². The molecule has 0 aliphatic rings. The molecular weight excluding hydrogens is 346 g/mol. The summed E-state index contributed by atoms with van der Waals surface area (Å²) in [6, 6.07) is 16.0. The number of benzene rings is 2. The van der Waals surface area contributed by atoms with E-state index >= 15 is 0 Å². The van der Waals surface area contributed by atoms with Crippen molar-refractivity contribution in [3.63, 3.8) is 0 Å². The number of H-pyrrole nitrogens is 1. The molecule has 0 aliphatic carbocycles. The zero-order valence-electron chi connectivity index (χ0n) is 14.4. The first-order valence-corrected chi connectivity index (χ1v) is 8.94. The molecule has 0 atom stereocenters. The van der Waals surface area contributed by atoms with E-state index < -0.39 is 0 Å². The number of fused-ring (bicyclic) bond motifs is 1. The molecular formula is C20H17N3O2S. The Balaban J connectivity index is 1.61. The summed E-state index contributed by atoms with van der Waals surface area (Å²) in [5, 5.41) is 0. The third-order valence-corrected chi connectivity index (χ3v) is 5.16. The molecule has 2 heterocycles. The standard InChI is InChI=1S/C20H17N3O2S/c1-13-18(26-16-9-11-21-12-10-16)8-7-17-19(13)23-20(22-17)25-15-5-3-14(24-2)4-6-15/h3-12H,1-2H3,(H,22,23). The van der Waals surface area contributed by atoms with Crippen molar-refractivity contribution < 1.29 is 9.47 Å². The monoisotopic (exact) mass is 363 g/mol. The van der Waals surface area contributed by atoms with E-state index in [0.717, 1.165) is 32.1 Å². The lowest BCUT2D eigenvalue weighted by Crippen LogP contribution is -1.87. The summed E-state index contributed by atoms with van der Waals surface area (Å²) in [4.78, 5) is 14.2. The zero-order valence-corrected chi connectivity index (χ0v) is 15.2. The number of pyridine rings is 1. The van der Waals surface area contributed by atoms with E-state index in [4.69, 9.17) is 9.47 Å². The van der Waals surface area contributed by atoms with Crippen LogP contribution >= 0.6 is 11.8 Å². The topological polar surface area (TPSA) is 60.0 Å². The van der Waals surface area contributed by atoms with Gasteiger partial charge in [0.25, 0.3) is 6.01 Å². The van der Waals surface area contributed by atoms with E-state index in [1.54, 1.807) is 31.3 Å². The highest BCUT2D eigenvalue weighted by Crippen LogP contribution is 2.34. The molecule has 130 valence electrons. The number of hydrogen-bond acceptors (Lipinski definition) is 5. The van der Waals surface area contributed by atoms with Crippen molar-refractivity contribution in [1.82, 2.24) is 15.0 Å². The number of aromatic nitrogens is 3. The molecule has 0 radical (unpaired) electrons. The van der Waals surface area contributed by atoms with Crippen molar-refractivity contribution in [2.75, 3.05) is 7.11 Å². The smallest absolute Gasteiger partial charge is 0.300 e. The molecule has 0 aliphatic heterocycles. The van der Waals surface area contributed by atoms with Crippen LogP contribution in [0.5, 0.6) is 17.5 Å². The number of ether oxygens (including phenoxy) is 2. The quantitative estimate of drug-likeness (QED) is 0.527. The Morgan fingerprint density at radius 1 is 0.923 bits per heavy atom. The summed E-state index contributed by atoms with van der Waals surface area (Å²) >= 11 is 1.70. The van der Waals surface area contributed by atoms with Gasteiger partial charge in [0.05, 0.1) is 18.1 Å². The van der Waals surface area contributed by atoms with Crippen LogP contribution in [0.15, 0.2) is 70.7 Å². The lowest BCUT2D eigenvalue weighted by Gasteiger charge is -2.05. The van der Waals surface area contributed by atoms with Crippen molar-refractivity contribution in [1.29, 1.82) is 0 Å². The molecule has 0 bridgehead atoms. The Hall–Kier alpha value is -2.99. The second-order valence-corrected chi connectivity index (χ2v) is 6.80. The number of rotatable bonds is 5. The minimum atomic E-state index is 0.472. The molecule has 4 aromatic rings. The lowest BCUT2D eigenvalue weighted by molar-refractivity contribution is 0.411. The van der Waals surface area contributed by atoms with Gasteiger partial charge in [0.1, 0.15) is 11.5 Å². The summed E-state index contributed by atoms with van der Waals surface area (Å²) in [5.41, 5.74) is 2.97. The van der Waals surface area contributed by atoms with Crippen LogP contribution < -0.4 is 9.47 Å². The van der Waals surface area contributed by atoms with Crippen LogP contribution in [-0.2, 0) is 0 Å². The minimum Gasteiger partial charge on any atom is -0.497 e. The predicted molar refractivity (Wildman–Crippen MR) is 102 cm³/mol. The molecule has 6 heteroatoms. The van der Waals surface area contributed by atoms with Gasteiger partial charge in [-0.25, -0.2) is 0 Å². The minimum absolute atomic E-state index is 0.472. The third-order valence-electron chi connectivity index (χ3n) is 3.99. The Morgan fingerprint density at radius 2 is 1.65 bits per heavy atom. The average molecular weight is 363 g/mol. The Labute approximate surface area is 155 Å². The van der Waals surface area contributed by atoms with E-state index in [0.29, 0.717) is 11.8 Å². The molecule has 2 aromatic heterocycles. The number of hydrogen-bond donors (Lipinski definition) is 1. The van der Waals surface area contributed by atoms with Gasteiger partial charge in [-0.1, -0.05) is 11.8 Å². The van der Waals surface area contributed by atoms with Gasteiger partial charge in [-0.15, -0.1) is 0 Å². The van der Waals surface area contributed by atoms with Crippen LogP contribution in [0, 0.1) is 6.92 Å². The normalized spacial score (nSPS) is 10.8. The fourth-order valence-electron chi connectivity index (χ4n) is 2.62. The summed E-state index contributed by atoms with van der Waals surface area (Å²) in [5.74, 6) is 1.49. The maximum absolute atomic E-state index is 5.84. The van der Waals surface area contributed by atoms with Gasteiger partial charge < -0.3 is 14.5 Å². The third kappa shape index (κ3) is 3.36. The second kappa shape index (κ2) is 7.09. The Kier molecular flexibility index (Phi) is 4.50. The summed E-state index contributed by atoms with van der Waals surface area (Å²) < 4.78 is 11.0. The number of imidazole rings is 1. The highest BCUT2D eigenvalue weighted by Gasteiger charge is 2.11. The van der Waals surface area contributed by atoms with E-state index in [1.165, 1.54) is 0 Å². The van der Waals surface area contributed by atoms with Gasteiger partial charge in [-0.3, -0.25) is 4.98 Å². The van der Waals surface area contributed by atoms with Crippen LogP contribution in [0.2, 0.25) is 0 Å². The molecule has 0 saturated heterocycles.